The van der Waals surface area contributed by atoms with Gasteiger partial charge in [0.15, 0.2) is 0 Å². The number of hydrogen-bond donors (Lipinski definition) is 2. The van der Waals surface area contributed by atoms with Gasteiger partial charge in [0.25, 0.3) is 0 Å². The number of hydrogen-bond acceptors (Lipinski definition) is 3. The van der Waals surface area contributed by atoms with E-state index in [9.17, 15) is 13.2 Å². The largest absolute Gasteiger partial charge is 0.348 e. The SMILES string of the molecule is CNS(=O)(=O)Cc1ccc(CNC(=O)/C=C/c2cc(Cl)ccc2Cl)cc1. The van der Waals surface area contributed by atoms with Crippen molar-refractivity contribution in [2.75, 3.05) is 7.05 Å². The fourth-order valence-corrected chi connectivity index (χ4v) is 3.24. The number of benzene rings is 2. The molecule has 0 saturated heterocycles. The van der Waals surface area contributed by atoms with Gasteiger partial charge in [-0.25, -0.2) is 13.1 Å². The Hall–Kier alpha value is -1.86. The van der Waals surface area contributed by atoms with Crippen LogP contribution in [-0.4, -0.2) is 21.4 Å². The van der Waals surface area contributed by atoms with Crippen LogP contribution in [0.25, 0.3) is 6.08 Å². The van der Waals surface area contributed by atoms with Crippen LogP contribution in [0.15, 0.2) is 48.5 Å². The fourth-order valence-electron chi connectivity index (χ4n) is 2.10. The van der Waals surface area contributed by atoms with E-state index in [1.165, 1.54) is 13.1 Å². The van der Waals surface area contributed by atoms with E-state index in [1.54, 1.807) is 48.5 Å². The molecule has 0 aliphatic carbocycles. The monoisotopic (exact) mass is 412 g/mol. The van der Waals surface area contributed by atoms with Crippen LogP contribution in [-0.2, 0) is 27.1 Å². The van der Waals surface area contributed by atoms with Gasteiger partial charge < -0.3 is 5.32 Å². The van der Waals surface area contributed by atoms with E-state index in [0.29, 0.717) is 27.7 Å². The molecular formula is C18H18Cl2N2O3S. The third-order valence-electron chi connectivity index (χ3n) is 3.53. The Morgan fingerprint density at radius 2 is 1.73 bits per heavy atom. The van der Waals surface area contributed by atoms with Gasteiger partial charge in [0.1, 0.15) is 0 Å². The van der Waals surface area contributed by atoms with Crippen LogP contribution in [0.1, 0.15) is 16.7 Å². The predicted octanol–water partition coefficient (Wildman–Crippen LogP) is 3.37. The molecule has 0 aliphatic rings. The van der Waals surface area contributed by atoms with E-state index in [0.717, 1.165) is 5.56 Å². The topological polar surface area (TPSA) is 75.3 Å². The summed E-state index contributed by atoms with van der Waals surface area (Å²) in [5, 5.41) is 3.79. The third kappa shape index (κ3) is 6.46. The van der Waals surface area contributed by atoms with Crippen LogP contribution < -0.4 is 10.0 Å². The number of halogens is 2. The van der Waals surface area contributed by atoms with Gasteiger partial charge in [-0.2, -0.15) is 0 Å². The molecule has 0 saturated carbocycles. The van der Waals surface area contributed by atoms with Crippen molar-refractivity contribution in [3.63, 3.8) is 0 Å². The van der Waals surface area contributed by atoms with Crippen molar-refractivity contribution in [1.29, 1.82) is 0 Å². The zero-order chi connectivity index (χ0) is 19.2. The minimum absolute atomic E-state index is 0.0841. The van der Waals surface area contributed by atoms with Gasteiger partial charge in [-0.3, -0.25) is 4.79 Å². The third-order valence-corrected chi connectivity index (χ3v) is 5.44. The molecule has 2 rings (SSSR count). The molecule has 26 heavy (non-hydrogen) atoms. The van der Waals surface area contributed by atoms with Crippen molar-refractivity contribution in [2.24, 2.45) is 0 Å². The maximum Gasteiger partial charge on any atom is 0.244 e. The summed E-state index contributed by atoms with van der Waals surface area (Å²) in [6.07, 6.45) is 2.97. The molecule has 0 atom stereocenters. The lowest BCUT2D eigenvalue weighted by atomic mass is 10.1. The van der Waals surface area contributed by atoms with Gasteiger partial charge >= 0.3 is 0 Å². The summed E-state index contributed by atoms with van der Waals surface area (Å²) < 4.78 is 25.3. The van der Waals surface area contributed by atoms with Gasteiger partial charge in [0.05, 0.1) is 5.75 Å². The van der Waals surface area contributed by atoms with E-state index < -0.39 is 10.0 Å². The summed E-state index contributed by atoms with van der Waals surface area (Å²) in [7, 11) is -1.92. The Morgan fingerprint density at radius 3 is 2.38 bits per heavy atom. The van der Waals surface area contributed by atoms with Crippen LogP contribution in [0.3, 0.4) is 0 Å². The molecule has 0 unspecified atom stereocenters. The second-order valence-electron chi connectivity index (χ2n) is 5.50. The quantitative estimate of drug-likeness (QED) is 0.684. The first kappa shape index (κ1) is 20.5. The summed E-state index contributed by atoms with van der Waals surface area (Å²) in [5.41, 5.74) is 2.19. The minimum atomic E-state index is -3.30. The van der Waals surface area contributed by atoms with Gasteiger partial charge in [0, 0.05) is 22.7 Å². The lowest BCUT2D eigenvalue weighted by Crippen LogP contribution is -2.21. The Balaban J connectivity index is 1.91. The standard InChI is InChI=1S/C18H18Cl2N2O3S/c1-21-26(24,25)12-14-4-2-13(3-5-14)11-22-18(23)9-6-15-10-16(19)7-8-17(15)20/h2-10,21H,11-12H2,1H3,(H,22,23)/b9-6+. The van der Waals surface area contributed by atoms with Crippen LogP contribution in [0.2, 0.25) is 10.0 Å². The number of nitrogens with one attached hydrogen (secondary N) is 2. The summed E-state index contributed by atoms with van der Waals surface area (Å²) in [6.45, 7) is 0.325. The molecule has 8 heteroatoms. The highest BCUT2D eigenvalue weighted by atomic mass is 35.5. The van der Waals surface area contributed by atoms with Crippen molar-refractivity contribution >= 4 is 45.2 Å². The zero-order valence-electron chi connectivity index (χ0n) is 14.0. The minimum Gasteiger partial charge on any atom is -0.348 e. The van der Waals surface area contributed by atoms with E-state index in [1.807, 2.05) is 0 Å². The van der Waals surface area contributed by atoms with Gasteiger partial charge in [-0.05, 0) is 48.0 Å². The van der Waals surface area contributed by atoms with E-state index in [2.05, 4.69) is 10.0 Å². The molecular weight excluding hydrogens is 395 g/mol. The Labute approximate surface area is 163 Å². The second kappa shape index (κ2) is 9.19. The number of amides is 1. The molecule has 0 aromatic heterocycles. The van der Waals surface area contributed by atoms with Crippen molar-refractivity contribution in [2.45, 2.75) is 12.3 Å². The highest BCUT2D eigenvalue weighted by Crippen LogP contribution is 2.21. The average Bonchev–Trinajstić information content (AvgIpc) is 2.61. The molecule has 0 fully saturated rings. The first-order chi connectivity index (χ1) is 12.3. The summed E-state index contributed by atoms with van der Waals surface area (Å²) in [4.78, 5) is 11.9. The van der Waals surface area contributed by atoms with Crippen LogP contribution in [0.4, 0.5) is 0 Å². The van der Waals surface area contributed by atoms with Gasteiger partial charge in [-0.15, -0.1) is 0 Å². The van der Waals surface area contributed by atoms with Crippen molar-refractivity contribution in [3.8, 4) is 0 Å². The molecule has 2 aromatic carbocycles. The maximum absolute atomic E-state index is 11.9. The van der Waals surface area contributed by atoms with E-state index in [4.69, 9.17) is 23.2 Å². The average molecular weight is 413 g/mol. The van der Waals surface area contributed by atoms with Crippen molar-refractivity contribution in [3.05, 3.63) is 75.3 Å². The molecule has 5 nitrogen and oxygen atoms in total. The molecule has 0 bridgehead atoms. The molecule has 0 heterocycles. The Morgan fingerprint density at radius 1 is 1.08 bits per heavy atom. The smallest absolute Gasteiger partial charge is 0.244 e. The zero-order valence-corrected chi connectivity index (χ0v) is 16.3. The summed E-state index contributed by atoms with van der Waals surface area (Å²) in [6, 6.07) is 12.0. The predicted molar refractivity (Wildman–Crippen MR) is 105 cm³/mol. The second-order valence-corrected chi connectivity index (χ2v) is 8.27. The molecule has 138 valence electrons. The molecule has 1 amide bonds. The molecule has 0 spiro atoms. The van der Waals surface area contributed by atoms with Crippen LogP contribution in [0, 0.1) is 0 Å². The maximum atomic E-state index is 11.9. The fraction of sp³-hybridized carbons (Fsp3) is 0.167. The van der Waals surface area contributed by atoms with Gasteiger partial charge in [0.2, 0.25) is 15.9 Å². The first-order valence-corrected chi connectivity index (χ1v) is 10.1. The highest BCUT2D eigenvalue weighted by molar-refractivity contribution is 7.88. The van der Waals surface area contributed by atoms with Crippen LogP contribution in [0.5, 0.6) is 0 Å². The molecule has 0 radical (unpaired) electrons. The van der Waals surface area contributed by atoms with Crippen molar-refractivity contribution in [1.82, 2.24) is 10.0 Å². The van der Waals surface area contributed by atoms with E-state index in [-0.39, 0.29) is 11.7 Å². The summed E-state index contributed by atoms with van der Waals surface area (Å²) >= 11 is 11.9. The Kier molecular flexibility index (Phi) is 7.23. The number of rotatable bonds is 7. The molecule has 0 aliphatic heterocycles. The lowest BCUT2D eigenvalue weighted by molar-refractivity contribution is -0.116. The number of carbonyl (C=O) groups is 1. The highest BCUT2D eigenvalue weighted by Gasteiger charge is 2.08. The number of sulfonamides is 1. The normalized spacial score (nSPS) is 11.7. The van der Waals surface area contributed by atoms with E-state index >= 15 is 0 Å². The molecule has 2 aromatic rings. The Bertz CT molecular complexity index is 911. The van der Waals surface area contributed by atoms with Gasteiger partial charge in [-0.1, -0.05) is 47.5 Å². The number of carbonyl (C=O) groups excluding carboxylic acids is 1. The van der Waals surface area contributed by atoms with Crippen LogP contribution >= 0.6 is 23.2 Å². The molecule has 2 N–H and O–H groups in total. The summed E-state index contributed by atoms with van der Waals surface area (Å²) in [5.74, 6) is -0.359. The van der Waals surface area contributed by atoms with Crippen molar-refractivity contribution < 1.29 is 13.2 Å². The first-order valence-electron chi connectivity index (χ1n) is 7.69. The lowest BCUT2D eigenvalue weighted by Gasteiger charge is -2.06.